The van der Waals surface area contributed by atoms with E-state index in [9.17, 15) is 9.59 Å². The molecule has 4 heteroatoms. The Morgan fingerprint density at radius 3 is 2.32 bits per heavy atom. The van der Waals surface area contributed by atoms with Crippen LogP contribution in [0.1, 0.15) is 72.6 Å². The molecule has 0 aromatic rings. The van der Waals surface area contributed by atoms with Crippen LogP contribution in [0.3, 0.4) is 0 Å². The summed E-state index contributed by atoms with van der Waals surface area (Å²) >= 11 is 0. The molecule has 128 valence electrons. The molecule has 0 heterocycles. The second-order valence-electron chi connectivity index (χ2n) is 6.43. The number of amides is 1. The maximum Gasteiger partial charge on any atom is 0.307 e. The molecule has 2 unspecified atom stereocenters. The number of carbonyl (C=O) groups excluding carboxylic acids is 2. The molecule has 1 aliphatic rings. The van der Waals surface area contributed by atoms with Crippen LogP contribution in [0.25, 0.3) is 0 Å². The zero-order valence-electron chi connectivity index (χ0n) is 14.8. The molecule has 1 saturated carbocycles. The van der Waals surface area contributed by atoms with Crippen LogP contribution in [-0.2, 0) is 14.3 Å². The Morgan fingerprint density at radius 2 is 1.77 bits per heavy atom. The van der Waals surface area contributed by atoms with E-state index in [2.05, 4.69) is 20.8 Å². The Balaban J connectivity index is 2.79. The third-order valence-corrected chi connectivity index (χ3v) is 4.95. The molecule has 0 spiro atoms. The van der Waals surface area contributed by atoms with Crippen LogP contribution in [0.15, 0.2) is 0 Å². The molecule has 1 fully saturated rings. The van der Waals surface area contributed by atoms with Gasteiger partial charge in [0.05, 0.1) is 13.0 Å². The number of hydrogen-bond acceptors (Lipinski definition) is 3. The average molecular weight is 311 g/mol. The van der Waals surface area contributed by atoms with Crippen molar-refractivity contribution in [2.45, 2.75) is 78.7 Å². The molecular weight excluding hydrogens is 278 g/mol. The first-order valence-electron chi connectivity index (χ1n) is 9.01. The van der Waals surface area contributed by atoms with Gasteiger partial charge < -0.3 is 9.64 Å². The SMILES string of the molecule is CCOC(=O)CCN(C(=O)C(CC)CC)C1CCCCC1C. The minimum Gasteiger partial charge on any atom is -0.466 e. The maximum atomic E-state index is 12.9. The number of rotatable bonds is 8. The molecule has 22 heavy (non-hydrogen) atoms. The monoisotopic (exact) mass is 311 g/mol. The number of hydrogen-bond donors (Lipinski definition) is 0. The van der Waals surface area contributed by atoms with E-state index in [-0.39, 0.29) is 23.8 Å². The summed E-state index contributed by atoms with van der Waals surface area (Å²) in [7, 11) is 0. The number of ether oxygens (including phenoxy) is 1. The minimum atomic E-state index is -0.201. The third-order valence-electron chi connectivity index (χ3n) is 4.95. The largest absolute Gasteiger partial charge is 0.466 e. The summed E-state index contributed by atoms with van der Waals surface area (Å²) in [6.45, 7) is 9.09. The van der Waals surface area contributed by atoms with E-state index < -0.39 is 0 Å². The summed E-state index contributed by atoms with van der Waals surface area (Å²) in [5, 5.41) is 0. The predicted molar refractivity (Wildman–Crippen MR) is 88.5 cm³/mol. The summed E-state index contributed by atoms with van der Waals surface area (Å²) < 4.78 is 5.02. The lowest BCUT2D eigenvalue weighted by atomic mass is 9.84. The van der Waals surface area contributed by atoms with Gasteiger partial charge in [-0.3, -0.25) is 9.59 Å². The van der Waals surface area contributed by atoms with Gasteiger partial charge in [-0.2, -0.15) is 0 Å². The van der Waals surface area contributed by atoms with E-state index in [1.165, 1.54) is 19.3 Å². The topological polar surface area (TPSA) is 46.6 Å². The van der Waals surface area contributed by atoms with E-state index in [0.29, 0.717) is 25.5 Å². The second-order valence-corrected chi connectivity index (χ2v) is 6.43. The highest BCUT2D eigenvalue weighted by Gasteiger charge is 2.33. The molecule has 1 amide bonds. The fraction of sp³-hybridized carbons (Fsp3) is 0.889. The summed E-state index contributed by atoms with van der Waals surface area (Å²) in [6.07, 6.45) is 6.72. The highest BCUT2D eigenvalue weighted by molar-refractivity contribution is 5.80. The zero-order chi connectivity index (χ0) is 16.5. The van der Waals surface area contributed by atoms with Crippen LogP contribution in [0.4, 0.5) is 0 Å². The van der Waals surface area contributed by atoms with E-state index in [0.717, 1.165) is 19.3 Å². The van der Waals surface area contributed by atoms with Crippen molar-refractivity contribution in [3.8, 4) is 0 Å². The van der Waals surface area contributed by atoms with Gasteiger partial charge in [0.25, 0.3) is 0 Å². The number of esters is 1. The summed E-state index contributed by atoms with van der Waals surface area (Å²) in [5.41, 5.74) is 0. The first kappa shape index (κ1) is 19.0. The molecule has 1 rings (SSSR count). The Bertz CT molecular complexity index is 352. The molecule has 0 bridgehead atoms. The predicted octanol–water partition coefficient (Wildman–Crippen LogP) is 3.78. The van der Waals surface area contributed by atoms with Crippen molar-refractivity contribution in [3.63, 3.8) is 0 Å². The molecule has 4 nitrogen and oxygen atoms in total. The highest BCUT2D eigenvalue weighted by Crippen LogP contribution is 2.30. The van der Waals surface area contributed by atoms with E-state index in [1.54, 1.807) is 0 Å². The number of nitrogens with zero attached hydrogens (tertiary/aromatic N) is 1. The first-order chi connectivity index (χ1) is 10.5. The van der Waals surface area contributed by atoms with Gasteiger partial charge in [-0.15, -0.1) is 0 Å². The van der Waals surface area contributed by atoms with Crippen molar-refractivity contribution in [2.24, 2.45) is 11.8 Å². The molecular formula is C18H33NO3. The third kappa shape index (κ3) is 5.29. The van der Waals surface area contributed by atoms with Gasteiger partial charge in [-0.25, -0.2) is 0 Å². The van der Waals surface area contributed by atoms with Gasteiger partial charge >= 0.3 is 5.97 Å². The Labute approximate surface area is 135 Å². The molecule has 0 aromatic heterocycles. The van der Waals surface area contributed by atoms with Gasteiger partial charge in [0.15, 0.2) is 0 Å². The van der Waals surface area contributed by atoms with Crippen molar-refractivity contribution in [1.29, 1.82) is 0 Å². The quantitative estimate of drug-likeness (QED) is 0.641. The fourth-order valence-corrected chi connectivity index (χ4v) is 3.52. The minimum absolute atomic E-state index is 0.0799. The highest BCUT2D eigenvalue weighted by atomic mass is 16.5. The average Bonchev–Trinajstić information content (AvgIpc) is 2.50. The fourth-order valence-electron chi connectivity index (χ4n) is 3.52. The van der Waals surface area contributed by atoms with Crippen LogP contribution in [0.5, 0.6) is 0 Å². The molecule has 1 aliphatic carbocycles. The summed E-state index contributed by atoms with van der Waals surface area (Å²) in [4.78, 5) is 26.6. The van der Waals surface area contributed by atoms with Gasteiger partial charge in [-0.1, -0.05) is 33.6 Å². The van der Waals surface area contributed by atoms with Crippen LogP contribution in [0, 0.1) is 11.8 Å². The van der Waals surface area contributed by atoms with E-state index in [4.69, 9.17) is 4.74 Å². The first-order valence-corrected chi connectivity index (χ1v) is 9.01. The van der Waals surface area contributed by atoms with Crippen molar-refractivity contribution < 1.29 is 14.3 Å². The Kier molecular flexibility index (Phi) is 8.51. The summed E-state index contributed by atoms with van der Waals surface area (Å²) in [5.74, 6) is 0.631. The Morgan fingerprint density at radius 1 is 1.14 bits per heavy atom. The summed E-state index contributed by atoms with van der Waals surface area (Å²) in [6, 6.07) is 0.288. The lowest BCUT2D eigenvalue weighted by molar-refractivity contribution is -0.146. The van der Waals surface area contributed by atoms with Crippen LogP contribution < -0.4 is 0 Å². The zero-order valence-corrected chi connectivity index (χ0v) is 14.8. The van der Waals surface area contributed by atoms with E-state index >= 15 is 0 Å². The molecule has 0 saturated heterocycles. The number of carbonyl (C=O) groups is 2. The molecule has 0 radical (unpaired) electrons. The Hall–Kier alpha value is -1.06. The normalized spacial score (nSPS) is 21.7. The lowest BCUT2D eigenvalue weighted by Gasteiger charge is -2.40. The maximum absolute atomic E-state index is 12.9. The second kappa shape index (κ2) is 9.86. The van der Waals surface area contributed by atoms with E-state index in [1.807, 2.05) is 11.8 Å². The van der Waals surface area contributed by atoms with Gasteiger partial charge in [0, 0.05) is 18.5 Å². The van der Waals surface area contributed by atoms with Crippen molar-refractivity contribution >= 4 is 11.9 Å². The standard InChI is InChI=1S/C18H33NO3/c1-5-15(6-2)18(21)19(13-12-17(20)22-7-3)16-11-9-8-10-14(16)4/h14-16H,5-13H2,1-4H3. The molecule has 0 aromatic carbocycles. The van der Waals surface area contributed by atoms with Crippen molar-refractivity contribution in [3.05, 3.63) is 0 Å². The molecule has 0 aliphatic heterocycles. The smallest absolute Gasteiger partial charge is 0.307 e. The van der Waals surface area contributed by atoms with Crippen LogP contribution >= 0.6 is 0 Å². The van der Waals surface area contributed by atoms with Crippen LogP contribution in [-0.4, -0.2) is 36.0 Å². The lowest BCUT2D eigenvalue weighted by Crippen LogP contribution is -2.48. The van der Waals surface area contributed by atoms with Gasteiger partial charge in [0.2, 0.25) is 5.91 Å². The van der Waals surface area contributed by atoms with Crippen LogP contribution in [0.2, 0.25) is 0 Å². The molecule has 0 N–H and O–H groups in total. The molecule has 2 atom stereocenters. The van der Waals surface area contributed by atoms with Gasteiger partial charge in [-0.05, 0) is 38.5 Å². The van der Waals surface area contributed by atoms with Crippen molar-refractivity contribution in [2.75, 3.05) is 13.2 Å². The van der Waals surface area contributed by atoms with Crippen molar-refractivity contribution in [1.82, 2.24) is 4.90 Å². The van der Waals surface area contributed by atoms with Gasteiger partial charge in [0.1, 0.15) is 0 Å².